The van der Waals surface area contributed by atoms with E-state index < -0.39 is 4.92 Å². The van der Waals surface area contributed by atoms with Crippen LogP contribution in [0.15, 0.2) is 24.4 Å². The van der Waals surface area contributed by atoms with E-state index in [1.165, 1.54) is 16.8 Å². The van der Waals surface area contributed by atoms with Gasteiger partial charge in [-0.3, -0.25) is 19.6 Å². The Morgan fingerprint density at radius 1 is 1.32 bits per heavy atom. The smallest absolute Gasteiger partial charge is 0.271 e. The molecule has 0 saturated heterocycles. The molecule has 2 aromatic rings. The van der Waals surface area contributed by atoms with Gasteiger partial charge in [-0.1, -0.05) is 0 Å². The summed E-state index contributed by atoms with van der Waals surface area (Å²) < 4.78 is 1.52. The summed E-state index contributed by atoms with van der Waals surface area (Å²) in [6, 6.07) is 4.70. The van der Waals surface area contributed by atoms with E-state index in [-0.39, 0.29) is 30.2 Å². The first-order valence-electron chi connectivity index (χ1n) is 7.22. The molecule has 1 amide bonds. The topological polar surface area (TPSA) is 81.3 Å². The summed E-state index contributed by atoms with van der Waals surface area (Å²) >= 11 is 0. The van der Waals surface area contributed by atoms with Crippen molar-refractivity contribution in [3.05, 3.63) is 34.5 Å². The van der Waals surface area contributed by atoms with Crippen LogP contribution in [0, 0.1) is 10.1 Å². The van der Waals surface area contributed by atoms with Crippen molar-refractivity contribution in [2.45, 2.75) is 46.3 Å². The van der Waals surface area contributed by atoms with Gasteiger partial charge in [0.05, 0.1) is 16.6 Å². The second kappa shape index (κ2) is 6.13. The van der Waals surface area contributed by atoms with Crippen LogP contribution in [0.3, 0.4) is 0 Å². The number of rotatable bonds is 5. The van der Waals surface area contributed by atoms with Crippen LogP contribution in [0.5, 0.6) is 0 Å². The maximum Gasteiger partial charge on any atom is 0.271 e. The molecule has 0 bridgehead atoms. The first-order chi connectivity index (χ1) is 10.3. The quantitative estimate of drug-likeness (QED) is 0.628. The van der Waals surface area contributed by atoms with Gasteiger partial charge in [0.15, 0.2) is 0 Å². The first kappa shape index (κ1) is 15.9. The predicted octanol–water partition coefficient (Wildman–Crippen LogP) is 2.59. The molecule has 0 atom stereocenters. The van der Waals surface area contributed by atoms with Gasteiger partial charge in [-0.05, 0) is 33.8 Å². The summed E-state index contributed by atoms with van der Waals surface area (Å²) in [6.07, 6.45) is 1.61. The Kier molecular flexibility index (Phi) is 4.44. The number of benzene rings is 1. The number of nitrogens with zero attached hydrogens (tertiary/aromatic N) is 4. The number of aromatic nitrogens is 2. The number of amides is 1. The molecule has 0 N–H and O–H groups in total. The number of non-ortho nitro benzene ring substituents is 1. The van der Waals surface area contributed by atoms with Crippen molar-refractivity contribution in [2.75, 3.05) is 0 Å². The summed E-state index contributed by atoms with van der Waals surface area (Å²) in [6.45, 7) is 7.92. The number of hydrogen-bond acceptors (Lipinski definition) is 4. The van der Waals surface area contributed by atoms with E-state index >= 15 is 0 Å². The minimum Gasteiger partial charge on any atom is -0.336 e. The maximum atomic E-state index is 12.5. The van der Waals surface area contributed by atoms with Crippen LogP contribution in [0.25, 0.3) is 10.9 Å². The molecule has 7 nitrogen and oxygen atoms in total. The van der Waals surface area contributed by atoms with Gasteiger partial charge in [-0.25, -0.2) is 0 Å². The lowest BCUT2D eigenvalue weighted by molar-refractivity contribution is -0.384. The number of carbonyl (C=O) groups excluding carboxylic acids is 1. The highest BCUT2D eigenvalue weighted by atomic mass is 16.6. The van der Waals surface area contributed by atoms with Crippen LogP contribution in [0.4, 0.5) is 5.69 Å². The van der Waals surface area contributed by atoms with E-state index in [0.717, 1.165) is 5.39 Å². The maximum absolute atomic E-state index is 12.5. The van der Waals surface area contributed by atoms with Crippen molar-refractivity contribution in [3.63, 3.8) is 0 Å². The molecule has 1 aromatic carbocycles. The highest BCUT2D eigenvalue weighted by molar-refractivity contribution is 5.83. The molecule has 0 aliphatic heterocycles. The molecule has 0 spiro atoms. The van der Waals surface area contributed by atoms with Crippen molar-refractivity contribution in [3.8, 4) is 0 Å². The number of hydrogen-bond donors (Lipinski definition) is 0. The van der Waals surface area contributed by atoms with Crippen LogP contribution in [-0.4, -0.2) is 37.6 Å². The predicted molar refractivity (Wildman–Crippen MR) is 83.5 cm³/mol. The SMILES string of the molecule is CC(C)N(C(=O)Cn1ncc2ccc([N+](=O)[O-])cc21)C(C)C. The fraction of sp³-hybridized carbons (Fsp3) is 0.467. The zero-order valence-electron chi connectivity index (χ0n) is 13.2. The monoisotopic (exact) mass is 304 g/mol. The average Bonchev–Trinajstić information content (AvgIpc) is 2.80. The number of fused-ring (bicyclic) bond motifs is 1. The van der Waals surface area contributed by atoms with E-state index in [1.54, 1.807) is 17.2 Å². The second-order valence-electron chi connectivity index (χ2n) is 5.79. The summed E-state index contributed by atoms with van der Waals surface area (Å²) in [5.41, 5.74) is 0.585. The molecular weight excluding hydrogens is 284 g/mol. The van der Waals surface area contributed by atoms with Gasteiger partial charge in [-0.2, -0.15) is 5.10 Å². The fourth-order valence-corrected chi connectivity index (χ4v) is 2.68. The summed E-state index contributed by atoms with van der Waals surface area (Å²) in [5.74, 6) is -0.0542. The zero-order valence-corrected chi connectivity index (χ0v) is 13.2. The molecule has 2 rings (SSSR count). The van der Waals surface area contributed by atoms with Gasteiger partial charge in [0.25, 0.3) is 5.69 Å². The molecule has 1 heterocycles. The molecule has 0 aliphatic rings. The number of nitro benzene ring substituents is 1. The van der Waals surface area contributed by atoms with Gasteiger partial charge in [-0.15, -0.1) is 0 Å². The van der Waals surface area contributed by atoms with E-state index in [0.29, 0.717) is 5.52 Å². The zero-order chi connectivity index (χ0) is 16.4. The van der Waals surface area contributed by atoms with Crippen LogP contribution in [0.1, 0.15) is 27.7 Å². The van der Waals surface area contributed by atoms with Crippen molar-refractivity contribution in [1.82, 2.24) is 14.7 Å². The standard InChI is InChI=1S/C15H20N4O3/c1-10(2)18(11(3)4)15(20)9-17-14-7-13(19(21)22)6-5-12(14)8-16-17/h5-8,10-11H,9H2,1-4H3. The van der Waals surface area contributed by atoms with Crippen LogP contribution in [0.2, 0.25) is 0 Å². The van der Waals surface area contributed by atoms with Crippen LogP contribution < -0.4 is 0 Å². The van der Waals surface area contributed by atoms with Crippen LogP contribution >= 0.6 is 0 Å². The molecule has 0 saturated carbocycles. The summed E-state index contributed by atoms with van der Waals surface area (Å²) in [5, 5.41) is 15.8. The Morgan fingerprint density at radius 2 is 1.95 bits per heavy atom. The molecule has 1 aromatic heterocycles. The van der Waals surface area contributed by atoms with E-state index in [2.05, 4.69) is 5.10 Å². The molecule has 0 fully saturated rings. The van der Waals surface area contributed by atoms with Gasteiger partial charge >= 0.3 is 0 Å². The molecule has 0 radical (unpaired) electrons. The molecule has 118 valence electrons. The molecule has 0 unspecified atom stereocenters. The van der Waals surface area contributed by atoms with Crippen LogP contribution in [-0.2, 0) is 11.3 Å². The van der Waals surface area contributed by atoms with E-state index in [1.807, 2.05) is 27.7 Å². The molecular formula is C15H20N4O3. The third-order valence-corrected chi connectivity index (χ3v) is 3.52. The van der Waals surface area contributed by atoms with E-state index in [9.17, 15) is 14.9 Å². The Morgan fingerprint density at radius 3 is 2.50 bits per heavy atom. The minimum absolute atomic E-state index is 0.00808. The molecule has 7 heteroatoms. The minimum atomic E-state index is -0.451. The van der Waals surface area contributed by atoms with Crippen molar-refractivity contribution in [2.24, 2.45) is 0 Å². The molecule has 22 heavy (non-hydrogen) atoms. The highest BCUT2D eigenvalue weighted by Gasteiger charge is 2.21. The Hall–Kier alpha value is -2.44. The van der Waals surface area contributed by atoms with Gasteiger partial charge < -0.3 is 4.90 Å². The number of nitro groups is 1. The lowest BCUT2D eigenvalue weighted by Crippen LogP contribution is -2.43. The van der Waals surface area contributed by atoms with E-state index in [4.69, 9.17) is 0 Å². The summed E-state index contributed by atoms with van der Waals surface area (Å²) in [7, 11) is 0. The largest absolute Gasteiger partial charge is 0.336 e. The Balaban J connectivity index is 2.33. The highest BCUT2D eigenvalue weighted by Crippen LogP contribution is 2.21. The Labute approximate surface area is 128 Å². The first-order valence-corrected chi connectivity index (χ1v) is 7.22. The third-order valence-electron chi connectivity index (χ3n) is 3.52. The normalized spacial score (nSPS) is 11.4. The van der Waals surface area contributed by atoms with Crippen molar-refractivity contribution < 1.29 is 9.72 Å². The van der Waals surface area contributed by atoms with Crippen molar-refractivity contribution in [1.29, 1.82) is 0 Å². The Bertz CT molecular complexity index is 698. The van der Waals surface area contributed by atoms with Gasteiger partial charge in [0, 0.05) is 29.6 Å². The fourth-order valence-electron chi connectivity index (χ4n) is 2.68. The average molecular weight is 304 g/mol. The number of carbonyl (C=O) groups is 1. The third kappa shape index (κ3) is 3.08. The lowest BCUT2D eigenvalue weighted by atomic mass is 10.2. The lowest BCUT2D eigenvalue weighted by Gasteiger charge is -2.30. The summed E-state index contributed by atoms with van der Waals surface area (Å²) in [4.78, 5) is 24.7. The second-order valence-corrected chi connectivity index (χ2v) is 5.79. The van der Waals surface area contributed by atoms with Gasteiger partial charge in [0.1, 0.15) is 6.54 Å². The van der Waals surface area contributed by atoms with Crippen molar-refractivity contribution >= 4 is 22.5 Å². The van der Waals surface area contributed by atoms with Gasteiger partial charge in [0.2, 0.25) is 5.91 Å². The molecule has 0 aliphatic carbocycles.